The highest BCUT2D eigenvalue weighted by Crippen LogP contribution is 2.14. The molecular weight excluding hydrogens is 344 g/mol. The molecular formula is C20H30N4O3. The maximum Gasteiger partial charge on any atom is 0.410 e. The number of piperidine rings is 2. The highest BCUT2D eigenvalue weighted by Gasteiger charge is 2.29. The topological polar surface area (TPSA) is 82.7 Å². The predicted octanol–water partition coefficient (Wildman–Crippen LogP) is 1.24. The van der Waals surface area contributed by atoms with E-state index in [2.05, 4.69) is 16.0 Å². The van der Waals surface area contributed by atoms with E-state index in [1.807, 2.05) is 37.4 Å². The molecule has 3 N–H and O–H groups in total. The van der Waals surface area contributed by atoms with E-state index in [1.54, 1.807) is 4.90 Å². The van der Waals surface area contributed by atoms with E-state index >= 15 is 0 Å². The summed E-state index contributed by atoms with van der Waals surface area (Å²) in [7, 11) is 1.95. The second kappa shape index (κ2) is 9.71. The van der Waals surface area contributed by atoms with E-state index in [-0.39, 0.29) is 30.7 Å². The molecule has 7 nitrogen and oxygen atoms in total. The van der Waals surface area contributed by atoms with Crippen LogP contribution in [0.3, 0.4) is 0 Å². The van der Waals surface area contributed by atoms with Crippen molar-refractivity contribution in [2.24, 2.45) is 0 Å². The number of nitrogens with zero attached hydrogens (tertiary/aromatic N) is 1. The van der Waals surface area contributed by atoms with Crippen molar-refractivity contribution in [3.8, 4) is 0 Å². The summed E-state index contributed by atoms with van der Waals surface area (Å²) in [6, 6.07) is 10.1. The quantitative estimate of drug-likeness (QED) is 0.722. The molecule has 0 spiro atoms. The number of likely N-dealkylation sites (tertiary alicyclic amines) is 1. The molecule has 2 aliphatic rings. The Hall–Kier alpha value is -2.12. The van der Waals surface area contributed by atoms with Crippen molar-refractivity contribution in [2.75, 3.05) is 26.7 Å². The maximum atomic E-state index is 12.4. The van der Waals surface area contributed by atoms with Crippen molar-refractivity contribution >= 4 is 12.0 Å². The molecule has 2 atom stereocenters. The van der Waals surface area contributed by atoms with Gasteiger partial charge in [0.05, 0.1) is 6.04 Å². The van der Waals surface area contributed by atoms with E-state index in [1.165, 1.54) is 0 Å². The molecule has 0 unspecified atom stereocenters. The van der Waals surface area contributed by atoms with Gasteiger partial charge in [-0.05, 0) is 38.3 Å². The van der Waals surface area contributed by atoms with Crippen LogP contribution in [0.1, 0.15) is 31.2 Å². The van der Waals surface area contributed by atoms with Gasteiger partial charge in [-0.15, -0.1) is 0 Å². The van der Waals surface area contributed by atoms with Crippen LogP contribution < -0.4 is 16.0 Å². The zero-order valence-electron chi connectivity index (χ0n) is 15.9. The Morgan fingerprint density at radius 2 is 1.85 bits per heavy atom. The fourth-order valence-corrected chi connectivity index (χ4v) is 3.65. The van der Waals surface area contributed by atoms with Crippen LogP contribution in [0.15, 0.2) is 30.3 Å². The lowest BCUT2D eigenvalue weighted by atomic mass is 9.99. The number of nitrogens with one attached hydrogen (secondary N) is 3. The van der Waals surface area contributed by atoms with Gasteiger partial charge < -0.3 is 25.6 Å². The summed E-state index contributed by atoms with van der Waals surface area (Å²) in [6.45, 7) is 2.33. The molecule has 0 saturated carbocycles. The summed E-state index contributed by atoms with van der Waals surface area (Å²) in [4.78, 5) is 26.4. The van der Waals surface area contributed by atoms with Gasteiger partial charge >= 0.3 is 6.09 Å². The molecule has 0 radical (unpaired) electrons. The number of hydrogen-bond acceptors (Lipinski definition) is 5. The summed E-state index contributed by atoms with van der Waals surface area (Å²) in [5, 5.41) is 9.69. The van der Waals surface area contributed by atoms with Gasteiger partial charge in [0.15, 0.2) is 0 Å². The number of likely N-dealkylation sites (N-methyl/N-ethyl adjacent to an activating group) is 1. The van der Waals surface area contributed by atoms with Crippen molar-refractivity contribution in [3.63, 3.8) is 0 Å². The van der Waals surface area contributed by atoms with E-state index in [9.17, 15) is 9.59 Å². The molecule has 2 amide bonds. The van der Waals surface area contributed by atoms with Crippen LogP contribution in [0.2, 0.25) is 0 Å². The lowest BCUT2D eigenvalue weighted by Crippen LogP contribution is -2.55. The Morgan fingerprint density at radius 1 is 1.11 bits per heavy atom. The Morgan fingerprint density at radius 3 is 2.48 bits per heavy atom. The zero-order chi connectivity index (χ0) is 19.1. The van der Waals surface area contributed by atoms with Crippen molar-refractivity contribution in [3.05, 3.63) is 35.9 Å². The standard InChI is InChI=1S/C20H30N4O3/c1-21-17-7-8-18(22-13-17)19(25)23-16-9-11-24(12-10-16)20(26)27-14-15-5-3-2-4-6-15/h2-6,16-18,21-22H,7-14H2,1H3,(H,23,25)/t17-,18+/m1/s1. The van der Waals surface area contributed by atoms with Crippen molar-refractivity contribution in [1.82, 2.24) is 20.9 Å². The molecule has 0 aromatic heterocycles. The minimum Gasteiger partial charge on any atom is -0.445 e. The molecule has 1 aromatic carbocycles. The van der Waals surface area contributed by atoms with E-state index in [0.29, 0.717) is 19.1 Å². The lowest BCUT2D eigenvalue weighted by Gasteiger charge is -2.34. The van der Waals surface area contributed by atoms with Gasteiger partial charge in [-0.2, -0.15) is 0 Å². The minimum absolute atomic E-state index is 0.0784. The summed E-state index contributed by atoms with van der Waals surface area (Å²) >= 11 is 0. The molecule has 1 aromatic rings. The average Bonchev–Trinajstić information content (AvgIpc) is 2.73. The van der Waals surface area contributed by atoms with Crippen LogP contribution in [-0.4, -0.2) is 61.7 Å². The second-order valence-corrected chi connectivity index (χ2v) is 7.33. The van der Waals surface area contributed by atoms with Gasteiger partial charge in [0.1, 0.15) is 6.61 Å². The monoisotopic (exact) mass is 374 g/mol. The Bertz CT molecular complexity index is 609. The molecule has 7 heteroatoms. The Balaban J connectivity index is 1.36. The SMILES string of the molecule is CN[C@@H]1CC[C@@H](C(=O)NC2CCN(C(=O)OCc3ccccc3)CC2)NC1. The summed E-state index contributed by atoms with van der Waals surface area (Å²) < 4.78 is 5.38. The lowest BCUT2D eigenvalue weighted by molar-refractivity contribution is -0.124. The van der Waals surface area contributed by atoms with Gasteiger partial charge in [0.2, 0.25) is 5.91 Å². The van der Waals surface area contributed by atoms with E-state index in [4.69, 9.17) is 4.74 Å². The first-order valence-electron chi connectivity index (χ1n) is 9.82. The third-order valence-corrected chi connectivity index (χ3v) is 5.44. The number of amides is 2. The van der Waals surface area contributed by atoms with Crippen LogP contribution >= 0.6 is 0 Å². The Kier molecular flexibility index (Phi) is 7.06. The average molecular weight is 374 g/mol. The summed E-state index contributed by atoms with van der Waals surface area (Å²) in [5.41, 5.74) is 0.980. The normalized spacial score (nSPS) is 23.7. The molecule has 3 rings (SSSR count). The zero-order valence-corrected chi connectivity index (χ0v) is 15.9. The summed E-state index contributed by atoms with van der Waals surface area (Å²) in [6.07, 6.45) is 3.10. The smallest absolute Gasteiger partial charge is 0.410 e. The third kappa shape index (κ3) is 5.68. The van der Waals surface area contributed by atoms with Crippen molar-refractivity contribution < 1.29 is 14.3 Å². The van der Waals surface area contributed by atoms with Crippen LogP contribution in [0.5, 0.6) is 0 Å². The molecule has 2 fully saturated rings. The minimum atomic E-state index is -0.282. The predicted molar refractivity (Wildman–Crippen MR) is 103 cm³/mol. The van der Waals surface area contributed by atoms with Crippen LogP contribution in [0.25, 0.3) is 0 Å². The van der Waals surface area contributed by atoms with Gasteiger partial charge in [0.25, 0.3) is 0 Å². The number of carbonyl (C=O) groups is 2. The number of hydrogen-bond donors (Lipinski definition) is 3. The second-order valence-electron chi connectivity index (χ2n) is 7.33. The molecule has 27 heavy (non-hydrogen) atoms. The molecule has 0 aliphatic carbocycles. The molecule has 148 valence electrons. The summed E-state index contributed by atoms with van der Waals surface area (Å²) in [5.74, 6) is 0.0784. The first kappa shape index (κ1) is 19.6. The molecule has 2 saturated heterocycles. The van der Waals surface area contributed by atoms with Gasteiger partial charge in [0, 0.05) is 31.7 Å². The van der Waals surface area contributed by atoms with Crippen molar-refractivity contribution in [1.29, 1.82) is 0 Å². The maximum absolute atomic E-state index is 12.4. The van der Waals surface area contributed by atoms with Crippen LogP contribution in [0.4, 0.5) is 4.79 Å². The fraction of sp³-hybridized carbons (Fsp3) is 0.600. The first-order valence-corrected chi connectivity index (χ1v) is 9.82. The third-order valence-electron chi connectivity index (χ3n) is 5.44. The van der Waals surface area contributed by atoms with Crippen LogP contribution in [-0.2, 0) is 16.1 Å². The van der Waals surface area contributed by atoms with E-state index < -0.39 is 0 Å². The number of benzene rings is 1. The largest absolute Gasteiger partial charge is 0.445 e. The number of rotatable bonds is 5. The van der Waals surface area contributed by atoms with Gasteiger partial charge in [-0.25, -0.2) is 4.79 Å². The number of ether oxygens (including phenoxy) is 1. The molecule has 0 bridgehead atoms. The Labute approximate surface area is 160 Å². The van der Waals surface area contributed by atoms with Crippen LogP contribution in [0, 0.1) is 0 Å². The fourth-order valence-electron chi connectivity index (χ4n) is 3.65. The van der Waals surface area contributed by atoms with Crippen molar-refractivity contribution in [2.45, 2.75) is 50.4 Å². The van der Waals surface area contributed by atoms with Gasteiger partial charge in [-0.3, -0.25) is 4.79 Å². The first-order chi connectivity index (χ1) is 13.2. The number of carbonyl (C=O) groups excluding carboxylic acids is 2. The highest BCUT2D eigenvalue weighted by atomic mass is 16.6. The molecule has 2 heterocycles. The highest BCUT2D eigenvalue weighted by molar-refractivity contribution is 5.82. The van der Waals surface area contributed by atoms with E-state index in [0.717, 1.165) is 37.8 Å². The van der Waals surface area contributed by atoms with Gasteiger partial charge in [-0.1, -0.05) is 30.3 Å². The molecule has 2 aliphatic heterocycles.